The average Bonchev–Trinajstić information content (AvgIpc) is 3.17. The molecular formula is C22H20F36N4O11S4. The van der Waals surface area contributed by atoms with Gasteiger partial charge >= 0.3 is 93.1 Å². The molecule has 77 heavy (non-hydrogen) atoms. The van der Waals surface area contributed by atoms with Crippen molar-refractivity contribution in [2.75, 3.05) is 39.5 Å². The minimum atomic E-state index is -7.36. The van der Waals surface area contributed by atoms with Gasteiger partial charge in [-0.15, -0.1) is 0 Å². The Morgan fingerprint density at radius 2 is 0.506 bits per heavy atom. The maximum atomic E-state index is 13.4. The van der Waals surface area contributed by atoms with Gasteiger partial charge in [0.1, 0.15) is 0 Å². The maximum absolute atomic E-state index is 13.4. The fraction of sp³-hybridized carbons (Fsp3) is 1.00. The lowest BCUT2D eigenvalue weighted by molar-refractivity contribution is -0.382. The predicted molar refractivity (Wildman–Crippen MR) is 168 cm³/mol. The SMILES string of the molecule is NS(=O)(=O)C(F)(F)C(F)(F)C(F)(F)C(F)(F)F.NS(=O)(=O)C(F)(F)C(F)(F)C(F)(F)C(F)(F)F.O=S(=O)(N(CCO)CCO)C(F)(F)C(F)(F)C(F)(F)C(F)(F)F.O=S(=O)(NCCO)C(F)(F)C(F)(F)C(F)(F)C(F)(F)F. The summed E-state index contributed by atoms with van der Waals surface area (Å²) in [5.74, 6) is -58.3. The number of primary sulfonamides is 2. The van der Waals surface area contributed by atoms with Crippen molar-refractivity contribution in [1.29, 1.82) is 0 Å². The topological polar surface area (TPSA) is 265 Å². The summed E-state index contributed by atoms with van der Waals surface area (Å²) in [5.41, 5.74) is 0. The molecule has 470 valence electrons. The Labute approximate surface area is 399 Å². The van der Waals surface area contributed by atoms with E-state index in [-0.39, 0.29) is 0 Å². The van der Waals surface area contributed by atoms with Gasteiger partial charge in [-0.05, 0) is 0 Å². The normalized spacial score (nSPS) is 15.7. The fourth-order valence-electron chi connectivity index (χ4n) is 3.14. The van der Waals surface area contributed by atoms with Crippen LogP contribution in [0.2, 0.25) is 0 Å². The third-order valence-corrected chi connectivity index (χ3v) is 12.7. The molecule has 0 fully saturated rings. The van der Waals surface area contributed by atoms with Gasteiger partial charge in [-0.3, -0.25) is 0 Å². The lowest BCUT2D eigenvalue weighted by Gasteiger charge is -2.35. The number of halogens is 36. The van der Waals surface area contributed by atoms with Crippen molar-refractivity contribution < 1.29 is 207 Å². The highest BCUT2D eigenvalue weighted by molar-refractivity contribution is 7.91. The number of hydrogen-bond donors (Lipinski definition) is 6. The first kappa shape index (κ1) is 80.5. The number of nitrogens with zero attached hydrogens (tertiary/aromatic N) is 1. The van der Waals surface area contributed by atoms with E-state index in [1.54, 1.807) is 0 Å². The fourth-order valence-corrected chi connectivity index (χ4v) is 6.54. The molecule has 0 radical (unpaired) electrons. The largest absolute Gasteiger partial charge is 0.460 e. The third-order valence-electron chi connectivity index (χ3n) is 7.28. The van der Waals surface area contributed by atoms with Gasteiger partial charge in [0.2, 0.25) is 0 Å². The molecule has 0 aromatic rings. The van der Waals surface area contributed by atoms with E-state index in [2.05, 4.69) is 10.3 Å². The van der Waals surface area contributed by atoms with Crippen molar-refractivity contribution in [3.63, 3.8) is 0 Å². The van der Waals surface area contributed by atoms with Crippen LogP contribution < -0.4 is 15.0 Å². The Bertz CT molecular complexity index is 2320. The molecule has 0 aromatic heterocycles. The maximum Gasteiger partial charge on any atom is 0.460 e. The molecule has 0 unspecified atom stereocenters. The number of alkyl halides is 36. The predicted octanol–water partition coefficient (Wildman–Crippen LogP) is 5.75. The summed E-state index contributed by atoms with van der Waals surface area (Å²) in [6, 6.07) is 0. The summed E-state index contributed by atoms with van der Waals surface area (Å²) >= 11 is 0. The summed E-state index contributed by atoms with van der Waals surface area (Å²) < 4.78 is 524. The summed E-state index contributed by atoms with van der Waals surface area (Å²) in [7, 11) is -26.7. The lowest BCUT2D eigenvalue weighted by Crippen LogP contribution is -2.65. The minimum Gasteiger partial charge on any atom is -0.395 e. The molecule has 0 aliphatic rings. The summed E-state index contributed by atoms with van der Waals surface area (Å²) in [5, 5.41) is 4.73. The number of sulfonamides is 4. The van der Waals surface area contributed by atoms with E-state index >= 15 is 0 Å². The first-order valence-electron chi connectivity index (χ1n) is 16.2. The molecule has 0 amide bonds. The third kappa shape index (κ3) is 14.7. The second-order valence-corrected chi connectivity index (χ2v) is 19.7. The lowest BCUT2D eigenvalue weighted by atomic mass is 10.1. The Morgan fingerprint density at radius 3 is 0.675 bits per heavy atom. The van der Waals surface area contributed by atoms with Gasteiger partial charge in [0.25, 0.3) is 40.1 Å². The van der Waals surface area contributed by atoms with Crippen molar-refractivity contribution >= 4 is 40.1 Å². The number of rotatable bonds is 20. The molecule has 0 bridgehead atoms. The summed E-state index contributed by atoms with van der Waals surface area (Å²) in [4.78, 5) is 0. The molecule has 0 rings (SSSR count). The van der Waals surface area contributed by atoms with E-state index in [0.29, 0.717) is 4.72 Å². The molecule has 0 atom stereocenters. The van der Waals surface area contributed by atoms with Crippen LogP contribution in [0.4, 0.5) is 158 Å². The van der Waals surface area contributed by atoms with Crippen molar-refractivity contribution in [2.45, 2.75) is 93.1 Å². The molecule has 0 saturated heterocycles. The summed E-state index contributed by atoms with van der Waals surface area (Å²) in [6.45, 7) is -7.66. The highest BCUT2D eigenvalue weighted by atomic mass is 32.2. The molecule has 0 aliphatic heterocycles. The van der Waals surface area contributed by atoms with E-state index in [9.17, 15) is 192 Å². The Balaban J connectivity index is -0.000000465. The van der Waals surface area contributed by atoms with Crippen LogP contribution in [0, 0.1) is 0 Å². The first-order valence-corrected chi connectivity index (χ1v) is 22.3. The van der Waals surface area contributed by atoms with Gasteiger partial charge in [-0.25, -0.2) is 48.7 Å². The van der Waals surface area contributed by atoms with Gasteiger partial charge in [0.05, 0.1) is 19.8 Å². The zero-order chi connectivity index (χ0) is 64.5. The van der Waals surface area contributed by atoms with Crippen molar-refractivity contribution in [3.8, 4) is 0 Å². The van der Waals surface area contributed by atoms with Crippen LogP contribution >= 0.6 is 0 Å². The number of aliphatic hydroxyl groups excluding tert-OH is 3. The van der Waals surface area contributed by atoms with Crippen molar-refractivity contribution in [3.05, 3.63) is 0 Å². The molecule has 0 saturated carbocycles. The number of aliphatic hydroxyl groups is 3. The van der Waals surface area contributed by atoms with Crippen LogP contribution in [0.5, 0.6) is 0 Å². The molecule has 0 spiro atoms. The second kappa shape index (κ2) is 23.5. The van der Waals surface area contributed by atoms with Crippen LogP contribution in [0.25, 0.3) is 0 Å². The van der Waals surface area contributed by atoms with E-state index in [1.807, 2.05) is 0 Å². The van der Waals surface area contributed by atoms with Crippen LogP contribution in [0.1, 0.15) is 0 Å². The molecule has 0 heterocycles. The van der Waals surface area contributed by atoms with Crippen LogP contribution in [-0.4, -0.2) is 186 Å². The van der Waals surface area contributed by atoms with E-state index in [0.717, 1.165) is 0 Å². The monoisotopic (exact) mass is 1330 g/mol. The zero-order valence-corrected chi connectivity index (χ0v) is 37.5. The number of hydrogen-bond acceptors (Lipinski definition) is 11. The van der Waals surface area contributed by atoms with Crippen LogP contribution in [-0.2, 0) is 40.1 Å². The average molecular weight is 1330 g/mol. The van der Waals surface area contributed by atoms with Crippen molar-refractivity contribution in [1.82, 2.24) is 9.03 Å². The van der Waals surface area contributed by atoms with Crippen LogP contribution in [0.3, 0.4) is 0 Å². The Hall–Kier alpha value is -3.00. The van der Waals surface area contributed by atoms with Gasteiger partial charge in [0.15, 0.2) is 0 Å². The van der Waals surface area contributed by atoms with E-state index < -0.39 is 177 Å². The second-order valence-electron chi connectivity index (χ2n) is 12.7. The molecule has 0 aromatic carbocycles. The molecular weight excluding hydrogens is 1310 g/mol. The minimum absolute atomic E-state index is 0.570. The highest BCUT2D eigenvalue weighted by Crippen LogP contribution is 2.58. The molecule has 55 heteroatoms. The standard InChI is InChI=1S/C8H10F9NO4S.C6H6F9NO3S.2C4H2F9NO2S/c9-5(10,7(13,14)15)6(11,12)8(16,17)23(21,22)18(1-3-19)2-4-20;7-3(8,5(11,12)13)4(9,10)6(14,15)20(18,19)16-1-2-17;2*5-1(6,3(9,10)11)2(7,8)4(12,13)17(14,15)16/h19-20H,1-4H2;16-17H,1-2H2;2*(H2,14,15,16). The molecule has 0 aliphatic carbocycles. The quantitative estimate of drug-likeness (QED) is 0.0799. The number of nitrogens with two attached hydrogens (primary N) is 2. The van der Waals surface area contributed by atoms with Gasteiger partial charge in [-0.1, -0.05) is 0 Å². The highest BCUT2D eigenvalue weighted by Gasteiger charge is 2.88. The van der Waals surface area contributed by atoms with Gasteiger partial charge < -0.3 is 15.3 Å². The van der Waals surface area contributed by atoms with E-state index in [4.69, 9.17) is 15.3 Å². The van der Waals surface area contributed by atoms with Crippen LogP contribution in [0.15, 0.2) is 0 Å². The van der Waals surface area contributed by atoms with E-state index in [1.165, 1.54) is 0 Å². The molecule has 8 N–H and O–H groups in total. The Morgan fingerprint density at radius 1 is 0.312 bits per heavy atom. The van der Waals surface area contributed by atoms with Crippen molar-refractivity contribution in [2.24, 2.45) is 10.3 Å². The van der Waals surface area contributed by atoms with Gasteiger partial charge in [-0.2, -0.15) is 162 Å². The zero-order valence-electron chi connectivity index (χ0n) is 34.2. The number of nitrogens with one attached hydrogen (secondary N) is 1. The molecule has 15 nitrogen and oxygen atoms in total. The Kier molecular flexibility index (Phi) is 24.5. The summed E-state index contributed by atoms with van der Waals surface area (Å²) in [6.07, 6.45) is -28.4. The van der Waals surface area contributed by atoms with Gasteiger partial charge in [0, 0.05) is 19.6 Å². The smallest absolute Gasteiger partial charge is 0.395 e. The first-order chi connectivity index (χ1) is 32.6.